The van der Waals surface area contributed by atoms with Crippen LogP contribution in [0.1, 0.15) is 48.3 Å². The highest BCUT2D eigenvalue weighted by atomic mass is 35.5. The lowest BCUT2D eigenvalue weighted by atomic mass is 9.93. The Morgan fingerprint density at radius 1 is 1.16 bits per heavy atom. The Balaban J connectivity index is 1.70. The van der Waals surface area contributed by atoms with Crippen molar-refractivity contribution >= 4 is 30.2 Å². The quantitative estimate of drug-likeness (QED) is 0.271. The van der Waals surface area contributed by atoms with Crippen molar-refractivity contribution in [3.8, 4) is 0 Å². The van der Waals surface area contributed by atoms with E-state index in [0.717, 1.165) is 46.9 Å². The molecule has 1 aromatic heterocycles. The molecule has 0 aliphatic heterocycles. The topological polar surface area (TPSA) is 78.0 Å². The van der Waals surface area contributed by atoms with E-state index < -0.39 is 12.0 Å². The highest BCUT2D eigenvalue weighted by Crippen LogP contribution is 2.31. The summed E-state index contributed by atoms with van der Waals surface area (Å²) < 4.78 is 0. The van der Waals surface area contributed by atoms with E-state index in [1.165, 1.54) is 0 Å². The Bertz CT molecular complexity index is 996. The molecule has 1 heterocycles. The van der Waals surface area contributed by atoms with Crippen LogP contribution in [0.15, 0.2) is 60.8 Å². The van der Waals surface area contributed by atoms with Crippen molar-refractivity contribution in [2.45, 2.75) is 56.4 Å². The van der Waals surface area contributed by atoms with Gasteiger partial charge in [-0.3, -0.25) is 10.1 Å². The zero-order valence-electron chi connectivity index (χ0n) is 18.2. The number of hydrogen-bond acceptors (Lipinski definition) is 4. The number of carbonyl (C=O) groups is 1. The molecule has 2 unspecified atom stereocenters. The van der Waals surface area contributed by atoms with Gasteiger partial charge in [-0.2, -0.15) is 12.6 Å². The monoisotopic (exact) mass is 471 g/mol. The number of nitrogens with one attached hydrogen (secondary N) is 2. The molecule has 0 fully saturated rings. The van der Waals surface area contributed by atoms with E-state index in [1.807, 2.05) is 54.6 Å². The first-order chi connectivity index (χ1) is 15.5. The van der Waals surface area contributed by atoms with Crippen molar-refractivity contribution < 1.29 is 9.90 Å². The van der Waals surface area contributed by atoms with Crippen LogP contribution in [-0.2, 0) is 24.2 Å². The van der Waals surface area contributed by atoms with Gasteiger partial charge >= 0.3 is 5.97 Å². The van der Waals surface area contributed by atoms with Gasteiger partial charge in [0, 0.05) is 34.6 Å². The van der Waals surface area contributed by atoms with Crippen LogP contribution in [0.25, 0.3) is 0 Å². The third-order valence-electron chi connectivity index (χ3n) is 5.57. The van der Waals surface area contributed by atoms with Gasteiger partial charge in [0.2, 0.25) is 0 Å². The second-order valence-electron chi connectivity index (χ2n) is 8.01. The summed E-state index contributed by atoms with van der Waals surface area (Å²) in [6.07, 6.45) is 4.92. The highest BCUT2D eigenvalue weighted by Gasteiger charge is 2.24. The SMILES string of the molecule is CCCC(S)C(Cc1ccccc1Cl)c1ncc(CN[C@@H](Cc2ccccc2)C(=O)O)[nH]1. The third-order valence-corrected chi connectivity index (χ3v) is 6.55. The summed E-state index contributed by atoms with van der Waals surface area (Å²) in [6, 6.07) is 16.8. The van der Waals surface area contributed by atoms with Crippen LogP contribution in [0.5, 0.6) is 0 Å². The lowest BCUT2D eigenvalue weighted by molar-refractivity contribution is -0.139. The Kier molecular flexibility index (Phi) is 9.21. The van der Waals surface area contributed by atoms with Gasteiger partial charge in [-0.25, -0.2) is 4.98 Å². The zero-order valence-corrected chi connectivity index (χ0v) is 19.8. The molecule has 170 valence electrons. The largest absolute Gasteiger partial charge is 0.480 e. The first-order valence-electron chi connectivity index (χ1n) is 10.9. The molecule has 3 rings (SSSR count). The normalized spacial score (nSPS) is 14.1. The standard InChI is InChI=1S/C25H30ClN3O2S/c1-2-8-23(32)20(14-18-11-6-7-12-21(18)26)24-28-16-19(29-24)15-27-22(25(30)31)13-17-9-4-3-5-10-17/h3-7,9-12,16,20,22-23,27,32H,2,8,13-15H2,1H3,(H,28,29)(H,30,31)/t20?,22-,23?/m0/s1. The number of hydrogen-bond donors (Lipinski definition) is 4. The molecule has 0 saturated heterocycles. The van der Waals surface area contributed by atoms with Gasteiger partial charge < -0.3 is 10.1 Å². The van der Waals surface area contributed by atoms with Gasteiger partial charge in [-0.1, -0.05) is 73.5 Å². The summed E-state index contributed by atoms with van der Waals surface area (Å²) in [5.41, 5.74) is 2.90. The average Bonchev–Trinajstić information content (AvgIpc) is 3.25. The number of imidazole rings is 1. The van der Waals surface area contributed by atoms with E-state index >= 15 is 0 Å². The molecule has 0 aliphatic rings. The summed E-state index contributed by atoms with van der Waals surface area (Å²) in [7, 11) is 0. The maximum absolute atomic E-state index is 11.7. The van der Waals surface area contributed by atoms with Crippen LogP contribution in [0, 0.1) is 0 Å². The van der Waals surface area contributed by atoms with Crippen molar-refractivity contribution in [2.75, 3.05) is 0 Å². The molecule has 0 amide bonds. The van der Waals surface area contributed by atoms with Gasteiger partial charge in [0.25, 0.3) is 0 Å². The van der Waals surface area contributed by atoms with E-state index in [2.05, 4.69) is 22.2 Å². The first kappa shape index (κ1) is 24.4. The lowest BCUT2D eigenvalue weighted by Crippen LogP contribution is -2.38. The number of aromatic nitrogens is 2. The van der Waals surface area contributed by atoms with Crippen molar-refractivity contribution in [3.05, 3.63) is 88.5 Å². The van der Waals surface area contributed by atoms with Crippen LogP contribution in [0.3, 0.4) is 0 Å². The van der Waals surface area contributed by atoms with Crippen LogP contribution >= 0.6 is 24.2 Å². The highest BCUT2D eigenvalue weighted by molar-refractivity contribution is 7.81. The molecule has 32 heavy (non-hydrogen) atoms. The minimum Gasteiger partial charge on any atom is -0.480 e. The predicted octanol–water partition coefficient (Wildman–Crippen LogP) is 5.27. The first-order valence-corrected chi connectivity index (χ1v) is 11.8. The average molecular weight is 472 g/mol. The number of nitrogens with zero attached hydrogens (tertiary/aromatic N) is 1. The van der Waals surface area contributed by atoms with E-state index in [9.17, 15) is 9.90 Å². The number of rotatable bonds is 12. The van der Waals surface area contributed by atoms with Gasteiger partial charge in [-0.05, 0) is 36.5 Å². The second kappa shape index (κ2) is 12.1. The number of aliphatic carboxylic acids is 1. The second-order valence-corrected chi connectivity index (χ2v) is 9.08. The van der Waals surface area contributed by atoms with E-state index in [4.69, 9.17) is 24.2 Å². The molecule has 0 spiro atoms. The fourth-order valence-corrected chi connectivity index (χ4v) is 4.51. The van der Waals surface area contributed by atoms with E-state index in [0.29, 0.717) is 13.0 Å². The van der Waals surface area contributed by atoms with Crippen molar-refractivity contribution in [1.29, 1.82) is 0 Å². The Hall–Kier alpha value is -2.28. The molecular weight excluding hydrogens is 442 g/mol. The molecule has 5 nitrogen and oxygen atoms in total. The van der Waals surface area contributed by atoms with Crippen LogP contribution in [0.4, 0.5) is 0 Å². The van der Waals surface area contributed by atoms with Crippen molar-refractivity contribution in [3.63, 3.8) is 0 Å². The summed E-state index contributed by atoms with van der Waals surface area (Å²) in [5.74, 6) is 0.0557. The van der Waals surface area contributed by atoms with Gasteiger partial charge in [-0.15, -0.1) is 0 Å². The van der Waals surface area contributed by atoms with E-state index in [1.54, 1.807) is 6.20 Å². The maximum Gasteiger partial charge on any atom is 0.321 e. The van der Waals surface area contributed by atoms with Gasteiger partial charge in [0.1, 0.15) is 11.9 Å². The number of benzene rings is 2. The lowest BCUT2D eigenvalue weighted by Gasteiger charge is -2.22. The summed E-state index contributed by atoms with van der Waals surface area (Å²) in [5, 5.41) is 13.6. The molecule has 3 N–H and O–H groups in total. The van der Waals surface area contributed by atoms with Crippen molar-refractivity contribution in [1.82, 2.24) is 15.3 Å². The molecule has 3 atom stereocenters. The minimum absolute atomic E-state index is 0.0755. The van der Waals surface area contributed by atoms with Crippen LogP contribution in [0.2, 0.25) is 5.02 Å². The van der Waals surface area contributed by atoms with Crippen LogP contribution < -0.4 is 5.32 Å². The number of halogens is 1. The van der Waals surface area contributed by atoms with Crippen LogP contribution in [-0.4, -0.2) is 32.3 Å². The van der Waals surface area contributed by atoms with Gasteiger partial charge in [0.15, 0.2) is 0 Å². The number of carboxylic acids is 1. The summed E-state index contributed by atoms with van der Waals surface area (Å²) in [4.78, 5) is 19.7. The fraction of sp³-hybridized carbons (Fsp3) is 0.360. The smallest absolute Gasteiger partial charge is 0.321 e. The minimum atomic E-state index is -0.872. The van der Waals surface area contributed by atoms with E-state index in [-0.39, 0.29) is 11.2 Å². The van der Waals surface area contributed by atoms with Crippen molar-refractivity contribution in [2.24, 2.45) is 0 Å². The molecule has 0 bridgehead atoms. The summed E-state index contributed by atoms with van der Waals surface area (Å²) in [6.45, 7) is 2.53. The number of thiol groups is 1. The number of aromatic amines is 1. The van der Waals surface area contributed by atoms with Gasteiger partial charge in [0.05, 0.1) is 0 Å². The molecule has 0 radical (unpaired) electrons. The molecule has 0 aliphatic carbocycles. The molecular formula is C25H30ClN3O2S. The summed E-state index contributed by atoms with van der Waals surface area (Å²) >= 11 is 11.3. The molecule has 3 aromatic rings. The zero-order chi connectivity index (χ0) is 22.9. The molecule has 7 heteroatoms. The molecule has 0 saturated carbocycles. The predicted molar refractivity (Wildman–Crippen MR) is 133 cm³/mol. The fourth-order valence-electron chi connectivity index (χ4n) is 3.80. The Labute approximate surface area is 200 Å². The number of carboxylic acid groups (broad SMARTS) is 1. The molecule has 2 aromatic carbocycles. The maximum atomic E-state index is 11.7. The Morgan fingerprint density at radius 3 is 2.56 bits per heavy atom. The Morgan fingerprint density at radius 2 is 1.88 bits per heavy atom. The third kappa shape index (κ3) is 6.86. The number of H-pyrrole nitrogens is 1.